The molecule has 2 aromatic rings. The van der Waals surface area contributed by atoms with Gasteiger partial charge in [-0.2, -0.15) is 0 Å². The first-order valence-corrected chi connectivity index (χ1v) is 10.5. The van der Waals surface area contributed by atoms with E-state index in [0.717, 1.165) is 24.1 Å². The molecule has 4 nitrogen and oxygen atoms in total. The van der Waals surface area contributed by atoms with Crippen LogP contribution >= 0.6 is 0 Å². The molecule has 1 aliphatic rings. The second-order valence-corrected chi connectivity index (χ2v) is 8.84. The second-order valence-electron chi connectivity index (χ2n) is 6.61. The second kappa shape index (κ2) is 8.13. The maximum atomic E-state index is 11.6. The molecular weight excluding hydrogens is 334 g/mol. The van der Waals surface area contributed by atoms with Crippen LogP contribution in [0.5, 0.6) is 0 Å². The van der Waals surface area contributed by atoms with Crippen LogP contribution in [0.15, 0.2) is 60.7 Å². The van der Waals surface area contributed by atoms with Crippen LogP contribution in [0.2, 0.25) is 0 Å². The molecule has 0 aromatic heterocycles. The molecule has 0 aliphatic carbocycles. The molecule has 1 saturated heterocycles. The van der Waals surface area contributed by atoms with Crippen LogP contribution in [-0.2, 0) is 14.6 Å². The van der Waals surface area contributed by atoms with Gasteiger partial charge in [-0.3, -0.25) is 0 Å². The van der Waals surface area contributed by atoms with Crippen molar-refractivity contribution < 1.29 is 13.2 Å². The van der Waals surface area contributed by atoms with Crippen molar-refractivity contribution in [2.24, 2.45) is 0 Å². The molecule has 1 unspecified atom stereocenters. The molecule has 134 valence electrons. The highest BCUT2D eigenvalue weighted by molar-refractivity contribution is 7.91. The molecular formula is C20H25NO3S. The molecule has 1 atom stereocenters. The summed E-state index contributed by atoms with van der Waals surface area (Å²) in [6, 6.07) is 20.5. The van der Waals surface area contributed by atoms with Crippen molar-refractivity contribution in [3.8, 4) is 0 Å². The Balaban J connectivity index is 1.62. The number of rotatable bonds is 7. The molecule has 0 N–H and O–H groups in total. The highest BCUT2D eigenvalue weighted by atomic mass is 32.2. The van der Waals surface area contributed by atoms with Crippen molar-refractivity contribution in [2.75, 3.05) is 31.7 Å². The van der Waals surface area contributed by atoms with Crippen molar-refractivity contribution in [3.63, 3.8) is 0 Å². The summed E-state index contributed by atoms with van der Waals surface area (Å²) in [5, 5.41) is 0. The molecule has 1 aliphatic heterocycles. The van der Waals surface area contributed by atoms with Gasteiger partial charge in [-0.25, -0.2) is 8.42 Å². The Bertz CT molecular complexity index is 723. The van der Waals surface area contributed by atoms with Crippen molar-refractivity contribution >= 4 is 9.84 Å². The van der Waals surface area contributed by atoms with Gasteiger partial charge in [-0.1, -0.05) is 60.7 Å². The summed E-state index contributed by atoms with van der Waals surface area (Å²) in [6.07, 6.45) is 0.614. The maximum absolute atomic E-state index is 11.6. The molecule has 0 spiro atoms. The third-order valence-electron chi connectivity index (χ3n) is 4.76. The van der Waals surface area contributed by atoms with Gasteiger partial charge < -0.3 is 9.64 Å². The Morgan fingerprint density at radius 2 is 1.60 bits per heavy atom. The zero-order chi connectivity index (χ0) is 17.7. The summed E-state index contributed by atoms with van der Waals surface area (Å²) in [5.74, 6) is 0.573. The standard InChI is InChI=1S/C20H25NO3S/c1-21(19-12-15-25(22,23)16-19)13-14-24-20(17-8-4-2-5-9-17)18-10-6-3-7-11-18/h2-11,19-20H,12-16H2,1H3. The summed E-state index contributed by atoms with van der Waals surface area (Å²) < 4.78 is 29.5. The fourth-order valence-corrected chi connectivity index (χ4v) is 5.07. The number of ether oxygens (including phenoxy) is 1. The number of likely N-dealkylation sites (N-methyl/N-ethyl adjacent to an activating group) is 1. The summed E-state index contributed by atoms with van der Waals surface area (Å²) in [4.78, 5) is 2.11. The minimum Gasteiger partial charge on any atom is -0.367 e. The summed E-state index contributed by atoms with van der Waals surface area (Å²) in [5.41, 5.74) is 2.25. The molecule has 0 bridgehead atoms. The molecule has 0 radical (unpaired) electrons. The lowest BCUT2D eigenvalue weighted by Crippen LogP contribution is -2.35. The van der Waals surface area contributed by atoms with Gasteiger partial charge in [-0.15, -0.1) is 0 Å². The Labute approximate surface area is 150 Å². The van der Waals surface area contributed by atoms with Crippen LogP contribution in [0, 0.1) is 0 Å². The number of sulfone groups is 1. The third-order valence-corrected chi connectivity index (χ3v) is 6.52. The number of hydrogen-bond acceptors (Lipinski definition) is 4. The van der Waals surface area contributed by atoms with E-state index in [9.17, 15) is 8.42 Å². The molecule has 5 heteroatoms. The van der Waals surface area contributed by atoms with Crippen molar-refractivity contribution in [2.45, 2.75) is 18.6 Å². The molecule has 0 saturated carbocycles. The van der Waals surface area contributed by atoms with Crippen molar-refractivity contribution in [1.29, 1.82) is 0 Å². The van der Waals surface area contributed by atoms with E-state index in [1.807, 2.05) is 43.4 Å². The Morgan fingerprint density at radius 3 is 2.08 bits per heavy atom. The Hall–Kier alpha value is -1.69. The Morgan fingerprint density at radius 1 is 1.04 bits per heavy atom. The van der Waals surface area contributed by atoms with E-state index >= 15 is 0 Å². The van der Waals surface area contributed by atoms with E-state index in [4.69, 9.17) is 4.74 Å². The largest absolute Gasteiger partial charge is 0.367 e. The average Bonchev–Trinajstić information content (AvgIpc) is 3.00. The lowest BCUT2D eigenvalue weighted by atomic mass is 10.0. The van der Waals surface area contributed by atoms with Gasteiger partial charge in [0.2, 0.25) is 0 Å². The molecule has 25 heavy (non-hydrogen) atoms. The van der Waals surface area contributed by atoms with Crippen LogP contribution < -0.4 is 0 Å². The first kappa shape index (κ1) is 18.1. The summed E-state index contributed by atoms with van der Waals surface area (Å²) in [6.45, 7) is 1.28. The van der Waals surface area contributed by atoms with E-state index in [2.05, 4.69) is 29.2 Å². The quantitative estimate of drug-likeness (QED) is 0.763. The number of nitrogens with zero attached hydrogens (tertiary/aromatic N) is 1. The van der Waals surface area contributed by atoms with Crippen molar-refractivity contribution in [1.82, 2.24) is 4.90 Å². The lowest BCUT2D eigenvalue weighted by Gasteiger charge is -2.25. The van der Waals surface area contributed by atoms with E-state index in [-0.39, 0.29) is 17.9 Å². The van der Waals surface area contributed by atoms with Crippen LogP contribution in [0.4, 0.5) is 0 Å². The molecule has 3 rings (SSSR count). The van der Waals surface area contributed by atoms with E-state index in [1.165, 1.54) is 0 Å². The third kappa shape index (κ3) is 4.91. The minimum absolute atomic E-state index is 0.108. The molecule has 1 fully saturated rings. The molecule has 2 aromatic carbocycles. The summed E-state index contributed by atoms with van der Waals surface area (Å²) in [7, 11) is -0.869. The van der Waals surface area contributed by atoms with Crippen LogP contribution in [0.25, 0.3) is 0 Å². The fraction of sp³-hybridized carbons (Fsp3) is 0.400. The van der Waals surface area contributed by atoms with E-state index < -0.39 is 9.84 Å². The van der Waals surface area contributed by atoms with Gasteiger partial charge in [0.05, 0.1) is 18.1 Å². The van der Waals surface area contributed by atoms with Crippen LogP contribution in [0.1, 0.15) is 23.7 Å². The van der Waals surface area contributed by atoms with Gasteiger partial charge in [0.1, 0.15) is 6.10 Å². The predicted octanol–water partition coefficient (Wildman–Crippen LogP) is 2.91. The number of benzene rings is 2. The van der Waals surface area contributed by atoms with Gasteiger partial charge >= 0.3 is 0 Å². The van der Waals surface area contributed by atoms with Crippen LogP contribution in [0.3, 0.4) is 0 Å². The summed E-state index contributed by atoms with van der Waals surface area (Å²) >= 11 is 0. The topological polar surface area (TPSA) is 46.6 Å². The highest BCUT2D eigenvalue weighted by Crippen LogP contribution is 2.26. The predicted molar refractivity (Wildman–Crippen MR) is 100 cm³/mol. The van der Waals surface area contributed by atoms with E-state index in [1.54, 1.807) is 0 Å². The minimum atomic E-state index is -2.85. The fourth-order valence-electron chi connectivity index (χ4n) is 3.26. The normalized spacial score (nSPS) is 19.6. The first-order chi connectivity index (χ1) is 12.1. The first-order valence-electron chi connectivity index (χ1n) is 8.67. The van der Waals surface area contributed by atoms with Gasteiger partial charge in [0.25, 0.3) is 0 Å². The number of hydrogen-bond donors (Lipinski definition) is 0. The Kier molecular flexibility index (Phi) is 5.89. The van der Waals surface area contributed by atoms with E-state index in [0.29, 0.717) is 12.4 Å². The zero-order valence-corrected chi connectivity index (χ0v) is 15.4. The lowest BCUT2D eigenvalue weighted by molar-refractivity contribution is 0.0587. The van der Waals surface area contributed by atoms with Gasteiger partial charge in [0, 0.05) is 12.6 Å². The van der Waals surface area contributed by atoms with Gasteiger partial charge in [0.15, 0.2) is 9.84 Å². The van der Waals surface area contributed by atoms with Crippen LogP contribution in [-0.4, -0.2) is 51.1 Å². The molecule has 0 amide bonds. The monoisotopic (exact) mass is 359 g/mol. The molecule has 1 heterocycles. The maximum Gasteiger partial charge on any atom is 0.151 e. The SMILES string of the molecule is CN(CCOC(c1ccccc1)c1ccccc1)C1CCS(=O)(=O)C1. The highest BCUT2D eigenvalue weighted by Gasteiger charge is 2.30. The smallest absolute Gasteiger partial charge is 0.151 e. The average molecular weight is 359 g/mol. The van der Waals surface area contributed by atoms with Crippen molar-refractivity contribution in [3.05, 3.63) is 71.8 Å². The van der Waals surface area contributed by atoms with Gasteiger partial charge in [-0.05, 0) is 24.6 Å². The zero-order valence-electron chi connectivity index (χ0n) is 14.5.